The topological polar surface area (TPSA) is 35.1 Å². The second-order valence-corrected chi connectivity index (χ2v) is 5.77. The van der Waals surface area contributed by atoms with E-state index in [1.807, 2.05) is 36.5 Å². The zero-order valence-electron chi connectivity index (χ0n) is 12.6. The van der Waals surface area contributed by atoms with Crippen LogP contribution in [0.5, 0.6) is 0 Å². The summed E-state index contributed by atoms with van der Waals surface area (Å²) in [6.07, 6.45) is 4.00. The van der Waals surface area contributed by atoms with Crippen molar-refractivity contribution in [1.82, 2.24) is 18.9 Å². The third kappa shape index (κ3) is 1.72. The molecule has 5 rings (SSSR count). The number of benzene rings is 2. The van der Waals surface area contributed by atoms with Gasteiger partial charge in [0, 0.05) is 23.5 Å². The van der Waals surface area contributed by atoms with Gasteiger partial charge in [0.05, 0.1) is 11.0 Å². The highest BCUT2D eigenvalue weighted by Crippen LogP contribution is 2.23. The second-order valence-electron chi connectivity index (χ2n) is 5.77. The molecule has 0 aliphatic heterocycles. The first-order valence-corrected chi connectivity index (χ1v) is 7.61. The normalized spacial score (nSPS) is 11.7. The van der Waals surface area contributed by atoms with Crippen LogP contribution in [0.1, 0.15) is 5.69 Å². The highest BCUT2D eigenvalue weighted by atomic mass is 15.2. The van der Waals surface area contributed by atoms with Crippen LogP contribution in [0.25, 0.3) is 33.4 Å². The van der Waals surface area contributed by atoms with Crippen LogP contribution in [0.4, 0.5) is 0 Å². The summed E-state index contributed by atoms with van der Waals surface area (Å²) in [4.78, 5) is 9.40. The van der Waals surface area contributed by atoms with Gasteiger partial charge in [-0.1, -0.05) is 36.4 Å². The number of hydrogen-bond donors (Lipinski definition) is 0. The first kappa shape index (κ1) is 12.4. The molecule has 23 heavy (non-hydrogen) atoms. The lowest BCUT2D eigenvalue weighted by molar-refractivity contribution is 1.02. The molecule has 3 aromatic heterocycles. The Hall–Kier alpha value is -3.14. The molecule has 0 saturated carbocycles. The summed E-state index contributed by atoms with van der Waals surface area (Å²) >= 11 is 0. The number of rotatable bonds is 1. The molecule has 0 aliphatic rings. The number of fused-ring (bicyclic) bond motifs is 4. The maximum absolute atomic E-state index is 4.78. The standard InChI is InChI=1S/C19H14N4/c1-13-12-22(18-10-14-6-2-3-7-15(14)11-20-18)19-21-16-8-4-5-9-17(16)23(13)19/h2-12H,1H3. The quantitative estimate of drug-likeness (QED) is 0.466. The Labute approximate surface area is 132 Å². The minimum absolute atomic E-state index is 0.886. The van der Waals surface area contributed by atoms with Crippen LogP contribution in [0.15, 0.2) is 67.0 Å². The summed E-state index contributed by atoms with van der Waals surface area (Å²) in [5, 5.41) is 2.32. The van der Waals surface area contributed by atoms with E-state index in [0.717, 1.165) is 33.7 Å². The van der Waals surface area contributed by atoms with Gasteiger partial charge in [-0.2, -0.15) is 0 Å². The number of para-hydroxylation sites is 2. The van der Waals surface area contributed by atoms with E-state index in [1.54, 1.807) is 0 Å². The predicted octanol–water partition coefficient (Wildman–Crippen LogP) is 4.13. The van der Waals surface area contributed by atoms with Crippen molar-refractivity contribution in [3.8, 4) is 5.82 Å². The van der Waals surface area contributed by atoms with Gasteiger partial charge in [-0.15, -0.1) is 0 Å². The van der Waals surface area contributed by atoms with E-state index < -0.39 is 0 Å². The average molecular weight is 298 g/mol. The number of aryl methyl sites for hydroxylation is 1. The highest BCUT2D eigenvalue weighted by Gasteiger charge is 2.13. The van der Waals surface area contributed by atoms with Crippen LogP contribution in [-0.2, 0) is 0 Å². The molecule has 3 heterocycles. The molecule has 2 aromatic carbocycles. The molecule has 0 amide bonds. The number of hydrogen-bond acceptors (Lipinski definition) is 2. The van der Waals surface area contributed by atoms with E-state index in [4.69, 9.17) is 4.98 Å². The van der Waals surface area contributed by atoms with E-state index in [2.05, 4.69) is 51.3 Å². The van der Waals surface area contributed by atoms with E-state index in [0.29, 0.717) is 0 Å². The third-order valence-corrected chi connectivity index (χ3v) is 4.29. The molecular formula is C19H14N4. The molecule has 0 spiro atoms. The number of imidazole rings is 2. The van der Waals surface area contributed by atoms with Crippen LogP contribution in [0.2, 0.25) is 0 Å². The minimum Gasteiger partial charge on any atom is -0.281 e. The molecule has 4 nitrogen and oxygen atoms in total. The monoisotopic (exact) mass is 298 g/mol. The van der Waals surface area contributed by atoms with Crippen molar-refractivity contribution >= 4 is 27.6 Å². The van der Waals surface area contributed by atoms with Crippen molar-refractivity contribution in [2.45, 2.75) is 6.92 Å². The van der Waals surface area contributed by atoms with Gasteiger partial charge < -0.3 is 0 Å². The summed E-state index contributed by atoms with van der Waals surface area (Å²) < 4.78 is 4.23. The third-order valence-electron chi connectivity index (χ3n) is 4.29. The van der Waals surface area contributed by atoms with Crippen LogP contribution in [0, 0.1) is 6.92 Å². The Kier molecular flexibility index (Phi) is 2.39. The molecule has 0 N–H and O–H groups in total. The van der Waals surface area contributed by atoms with Crippen LogP contribution in [0.3, 0.4) is 0 Å². The maximum atomic E-state index is 4.78. The van der Waals surface area contributed by atoms with E-state index in [-0.39, 0.29) is 0 Å². The molecule has 5 aromatic rings. The maximum Gasteiger partial charge on any atom is 0.221 e. The molecule has 4 heteroatoms. The van der Waals surface area contributed by atoms with E-state index >= 15 is 0 Å². The summed E-state index contributed by atoms with van der Waals surface area (Å²) in [6, 6.07) is 18.6. The van der Waals surface area contributed by atoms with Gasteiger partial charge in [0.2, 0.25) is 5.78 Å². The second kappa shape index (κ2) is 4.43. The van der Waals surface area contributed by atoms with Crippen molar-refractivity contribution in [2.75, 3.05) is 0 Å². The molecular weight excluding hydrogens is 284 g/mol. The molecule has 0 radical (unpaired) electrons. The van der Waals surface area contributed by atoms with Gasteiger partial charge in [-0.05, 0) is 30.5 Å². The first-order valence-electron chi connectivity index (χ1n) is 7.61. The van der Waals surface area contributed by atoms with Gasteiger partial charge in [-0.3, -0.25) is 8.97 Å². The fraction of sp³-hybridized carbons (Fsp3) is 0.0526. The Morgan fingerprint density at radius 2 is 1.70 bits per heavy atom. The number of nitrogens with zero attached hydrogens (tertiary/aromatic N) is 4. The Bertz CT molecular complexity index is 1180. The van der Waals surface area contributed by atoms with Crippen molar-refractivity contribution < 1.29 is 0 Å². The fourth-order valence-electron chi connectivity index (χ4n) is 3.20. The summed E-state index contributed by atoms with van der Waals surface area (Å²) in [5.41, 5.74) is 3.27. The highest BCUT2D eigenvalue weighted by molar-refractivity contribution is 5.84. The van der Waals surface area contributed by atoms with Gasteiger partial charge in [0.25, 0.3) is 0 Å². The molecule has 0 saturated heterocycles. The number of aromatic nitrogens is 4. The largest absolute Gasteiger partial charge is 0.281 e. The lowest BCUT2D eigenvalue weighted by atomic mass is 10.2. The molecule has 0 atom stereocenters. The predicted molar refractivity (Wildman–Crippen MR) is 92.1 cm³/mol. The Balaban J connectivity index is 1.84. The van der Waals surface area contributed by atoms with Crippen LogP contribution in [-0.4, -0.2) is 18.9 Å². The van der Waals surface area contributed by atoms with Gasteiger partial charge in [0.1, 0.15) is 5.82 Å². The van der Waals surface area contributed by atoms with Gasteiger partial charge >= 0.3 is 0 Å². The summed E-state index contributed by atoms with van der Waals surface area (Å²) in [5.74, 6) is 1.78. The summed E-state index contributed by atoms with van der Waals surface area (Å²) in [6.45, 7) is 2.10. The molecule has 0 aliphatic carbocycles. The first-order chi connectivity index (χ1) is 11.3. The van der Waals surface area contributed by atoms with Crippen LogP contribution < -0.4 is 0 Å². The lowest BCUT2D eigenvalue weighted by Gasteiger charge is -2.03. The Morgan fingerprint density at radius 1 is 0.913 bits per heavy atom. The van der Waals surface area contributed by atoms with Crippen molar-refractivity contribution in [2.24, 2.45) is 0 Å². The molecule has 0 fully saturated rings. The smallest absolute Gasteiger partial charge is 0.221 e. The zero-order valence-corrected chi connectivity index (χ0v) is 12.6. The molecule has 0 bridgehead atoms. The van der Waals surface area contributed by atoms with Crippen molar-refractivity contribution in [1.29, 1.82) is 0 Å². The number of pyridine rings is 1. The summed E-state index contributed by atoms with van der Waals surface area (Å²) in [7, 11) is 0. The Morgan fingerprint density at radius 3 is 2.61 bits per heavy atom. The van der Waals surface area contributed by atoms with Gasteiger partial charge in [-0.25, -0.2) is 9.97 Å². The zero-order chi connectivity index (χ0) is 15.4. The van der Waals surface area contributed by atoms with Gasteiger partial charge in [0.15, 0.2) is 0 Å². The fourth-order valence-corrected chi connectivity index (χ4v) is 3.20. The molecule has 110 valence electrons. The minimum atomic E-state index is 0.886. The van der Waals surface area contributed by atoms with Crippen LogP contribution >= 0.6 is 0 Å². The average Bonchev–Trinajstić information content (AvgIpc) is 3.12. The van der Waals surface area contributed by atoms with Crippen molar-refractivity contribution in [3.63, 3.8) is 0 Å². The van der Waals surface area contributed by atoms with E-state index in [1.165, 1.54) is 5.39 Å². The SMILES string of the molecule is Cc1cn(-c2cc3ccccc3cn2)c2nc3ccccc3n12. The lowest BCUT2D eigenvalue weighted by Crippen LogP contribution is -1.96. The molecule has 0 unspecified atom stereocenters. The van der Waals surface area contributed by atoms with Crippen molar-refractivity contribution in [3.05, 3.63) is 72.7 Å². The van der Waals surface area contributed by atoms with E-state index in [9.17, 15) is 0 Å².